The molecule has 0 aromatic heterocycles. The number of hydrogen-bond donors (Lipinski definition) is 2. The predicted molar refractivity (Wildman–Crippen MR) is 49.4 cm³/mol. The van der Waals surface area contributed by atoms with Crippen LogP contribution in [0.1, 0.15) is 10.4 Å². The van der Waals surface area contributed by atoms with Gasteiger partial charge in [0.2, 0.25) is 0 Å². The molecule has 3 nitrogen and oxygen atoms in total. The molecule has 0 fully saturated rings. The lowest BCUT2D eigenvalue weighted by Gasteiger charge is -2.04. The van der Waals surface area contributed by atoms with Crippen molar-refractivity contribution in [1.82, 2.24) is 0 Å². The van der Waals surface area contributed by atoms with Gasteiger partial charge in [0, 0.05) is 0 Å². The molecular weight excluding hydrogens is 199 g/mol. The van der Waals surface area contributed by atoms with Crippen molar-refractivity contribution in [1.29, 1.82) is 0 Å². The summed E-state index contributed by atoms with van der Waals surface area (Å²) in [4.78, 5) is 10.7. The summed E-state index contributed by atoms with van der Waals surface area (Å²) >= 11 is 11.3. The summed E-state index contributed by atoms with van der Waals surface area (Å²) in [5.74, 6) is -0.619. The molecule has 1 aromatic carbocycles. The lowest BCUT2D eigenvalue weighted by Crippen LogP contribution is -2.13. The van der Waals surface area contributed by atoms with Gasteiger partial charge in [0.25, 0.3) is 5.91 Å². The molecule has 1 rings (SSSR count). The van der Waals surface area contributed by atoms with E-state index in [9.17, 15) is 4.79 Å². The van der Waals surface area contributed by atoms with E-state index in [0.717, 1.165) is 0 Å². The molecule has 0 spiro atoms. The van der Waals surface area contributed by atoms with Crippen molar-refractivity contribution in [3.05, 3.63) is 27.7 Å². The highest BCUT2D eigenvalue weighted by molar-refractivity contribution is 6.44. The monoisotopic (exact) mass is 204 g/mol. The van der Waals surface area contributed by atoms with Crippen molar-refractivity contribution in [2.45, 2.75) is 0 Å². The zero-order valence-corrected chi connectivity index (χ0v) is 7.49. The van der Waals surface area contributed by atoms with Crippen LogP contribution in [0.4, 0.5) is 5.69 Å². The molecule has 0 saturated carbocycles. The largest absolute Gasteiger partial charge is 0.397 e. The van der Waals surface area contributed by atoms with Gasteiger partial charge < -0.3 is 11.5 Å². The highest BCUT2D eigenvalue weighted by atomic mass is 35.5. The van der Waals surface area contributed by atoms with Crippen molar-refractivity contribution < 1.29 is 4.79 Å². The van der Waals surface area contributed by atoms with Crippen molar-refractivity contribution >= 4 is 34.8 Å². The van der Waals surface area contributed by atoms with E-state index in [2.05, 4.69) is 0 Å². The fourth-order valence-electron chi connectivity index (χ4n) is 0.781. The highest BCUT2D eigenvalue weighted by Crippen LogP contribution is 2.30. The van der Waals surface area contributed by atoms with Gasteiger partial charge in [0.15, 0.2) is 0 Å². The summed E-state index contributed by atoms with van der Waals surface area (Å²) in [7, 11) is 0. The van der Waals surface area contributed by atoms with Gasteiger partial charge >= 0.3 is 0 Å². The summed E-state index contributed by atoms with van der Waals surface area (Å²) in [6.07, 6.45) is 0. The summed E-state index contributed by atoms with van der Waals surface area (Å²) in [5, 5.41) is 0.465. The molecule has 0 heterocycles. The summed E-state index contributed by atoms with van der Waals surface area (Å²) in [5.41, 5.74) is 10.8. The molecule has 0 aliphatic carbocycles. The molecule has 0 aliphatic heterocycles. The standard InChI is InChI=1S/C7H6Cl2N2O/c8-4-2-1-3(7(11)12)6(10)5(4)9/h1-2H,10H2,(H2,11,12). The molecule has 0 radical (unpaired) electrons. The van der Waals surface area contributed by atoms with E-state index >= 15 is 0 Å². The van der Waals surface area contributed by atoms with Crippen LogP contribution in [-0.4, -0.2) is 5.91 Å². The number of amides is 1. The lowest BCUT2D eigenvalue weighted by molar-refractivity contribution is 0.100. The van der Waals surface area contributed by atoms with Crippen LogP contribution in [0.25, 0.3) is 0 Å². The third-order valence-corrected chi connectivity index (χ3v) is 2.22. The molecule has 0 aliphatic rings. The fraction of sp³-hybridized carbons (Fsp3) is 0. The Morgan fingerprint density at radius 3 is 2.42 bits per heavy atom. The summed E-state index contributed by atoms with van der Waals surface area (Å²) in [6.45, 7) is 0. The molecule has 0 bridgehead atoms. The minimum Gasteiger partial charge on any atom is -0.397 e. The first-order valence-corrected chi connectivity index (χ1v) is 3.83. The van der Waals surface area contributed by atoms with E-state index in [1.165, 1.54) is 12.1 Å². The number of halogens is 2. The van der Waals surface area contributed by atoms with Gasteiger partial charge in [-0.3, -0.25) is 4.79 Å². The maximum atomic E-state index is 10.7. The molecule has 0 atom stereocenters. The summed E-state index contributed by atoms with van der Waals surface area (Å²) < 4.78 is 0. The van der Waals surface area contributed by atoms with E-state index < -0.39 is 5.91 Å². The Hall–Kier alpha value is -0.930. The first-order valence-electron chi connectivity index (χ1n) is 3.07. The molecule has 5 heteroatoms. The molecule has 1 amide bonds. The van der Waals surface area contributed by atoms with Crippen molar-refractivity contribution in [2.75, 3.05) is 5.73 Å². The Morgan fingerprint density at radius 1 is 1.33 bits per heavy atom. The number of nitrogen functional groups attached to an aromatic ring is 1. The van der Waals surface area contributed by atoms with Crippen molar-refractivity contribution in [2.24, 2.45) is 5.73 Å². The quantitative estimate of drug-likeness (QED) is 0.684. The second-order valence-corrected chi connectivity index (χ2v) is 2.97. The average Bonchev–Trinajstić information content (AvgIpc) is 2.00. The van der Waals surface area contributed by atoms with E-state index in [1.807, 2.05) is 0 Å². The van der Waals surface area contributed by atoms with Gasteiger partial charge in [-0.1, -0.05) is 23.2 Å². The minimum absolute atomic E-state index is 0.122. The first-order chi connectivity index (χ1) is 5.54. The van der Waals surface area contributed by atoms with E-state index in [1.54, 1.807) is 0 Å². The van der Waals surface area contributed by atoms with Crippen LogP contribution < -0.4 is 11.5 Å². The van der Waals surface area contributed by atoms with Crippen LogP contribution >= 0.6 is 23.2 Å². The maximum absolute atomic E-state index is 10.7. The summed E-state index contributed by atoms with van der Waals surface area (Å²) in [6, 6.07) is 2.91. The van der Waals surface area contributed by atoms with Crippen LogP contribution in [0.15, 0.2) is 12.1 Å². The maximum Gasteiger partial charge on any atom is 0.250 e. The minimum atomic E-state index is -0.619. The van der Waals surface area contributed by atoms with Crippen LogP contribution in [0, 0.1) is 0 Å². The van der Waals surface area contributed by atoms with Crippen LogP contribution in [0.5, 0.6) is 0 Å². The fourth-order valence-corrected chi connectivity index (χ4v) is 1.11. The Bertz CT molecular complexity index is 338. The Morgan fingerprint density at radius 2 is 1.92 bits per heavy atom. The van der Waals surface area contributed by atoms with E-state index in [-0.39, 0.29) is 16.3 Å². The number of anilines is 1. The van der Waals surface area contributed by atoms with Crippen molar-refractivity contribution in [3.8, 4) is 0 Å². The third kappa shape index (κ3) is 1.47. The Balaban J connectivity index is 3.36. The van der Waals surface area contributed by atoms with Gasteiger partial charge in [-0.2, -0.15) is 0 Å². The zero-order chi connectivity index (χ0) is 9.30. The average molecular weight is 205 g/mol. The number of rotatable bonds is 1. The Kier molecular flexibility index (Phi) is 2.45. The highest BCUT2D eigenvalue weighted by Gasteiger charge is 2.10. The van der Waals surface area contributed by atoms with Gasteiger partial charge in [0.05, 0.1) is 21.3 Å². The normalized spacial score (nSPS) is 9.83. The number of nitrogens with two attached hydrogens (primary N) is 2. The second kappa shape index (κ2) is 3.21. The molecule has 4 N–H and O–H groups in total. The van der Waals surface area contributed by atoms with E-state index in [0.29, 0.717) is 5.02 Å². The predicted octanol–water partition coefficient (Wildman–Crippen LogP) is 1.67. The number of carbonyl (C=O) groups excluding carboxylic acids is 1. The van der Waals surface area contributed by atoms with Gasteiger partial charge in [-0.25, -0.2) is 0 Å². The van der Waals surface area contributed by atoms with E-state index in [4.69, 9.17) is 34.7 Å². The molecule has 0 saturated heterocycles. The van der Waals surface area contributed by atoms with Crippen molar-refractivity contribution in [3.63, 3.8) is 0 Å². The molecular formula is C7H6Cl2N2O. The molecule has 12 heavy (non-hydrogen) atoms. The molecule has 1 aromatic rings. The van der Waals surface area contributed by atoms with Crippen LogP contribution in [0.3, 0.4) is 0 Å². The SMILES string of the molecule is NC(=O)c1ccc(Cl)c(Cl)c1N. The van der Waals surface area contributed by atoms with Crippen LogP contribution in [-0.2, 0) is 0 Å². The lowest BCUT2D eigenvalue weighted by atomic mass is 10.2. The van der Waals surface area contributed by atoms with Gasteiger partial charge in [-0.05, 0) is 12.1 Å². The number of carbonyl (C=O) groups is 1. The smallest absolute Gasteiger partial charge is 0.250 e. The zero-order valence-electron chi connectivity index (χ0n) is 5.97. The van der Waals surface area contributed by atoms with Crippen LogP contribution in [0.2, 0.25) is 10.0 Å². The van der Waals surface area contributed by atoms with Gasteiger partial charge in [-0.15, -0.1) is 0 Å². The van der Waals surface area contributed by atoms with Gasteiger partial charge in [0.1, 0.15) is 0 Å². The Labute approximate surface area is 79.2 Å². The number of benzene rings is 1. The first kappa shape index (κ1) is 9.16. The topological polar surface area (TPSA) is 69.1 Å². The number of hydrogen-bond acceptors (Lipinski definition) is 2. The molecule has 64 valence electrons. The second-order valence-electron chi connectivity index (χ2n) is 2.19. The molecule has 0 unspecified atom stereocenters. The number of primary amides is 1. The third-order valence-electron chi connectivity index (χ3n) is 1.40.